The molecule has 6 heteroatoms. The number of esters is 2. The molecule has 0 fully saturated rings. The van der Waals surface area contributed by atoms with E-state index < -0.39 is 24.6 Å². The fourth-order valence-electron chi connectivity index (χ4n) is 3.13. The predicted octanol–water partition coefficient (Wildman–Crippen LogP) is 3.87. The Morgan fingerprint density at radius 3 is 2.15 bits per heavy atom. The number of carbonyl (C=O) groups excluding carboxylic acids is 2. The van der Waals surface area contributed by atoms with Crippen LogP contribution in [0.1, 0.15) is 38.3 Å². The van der Waals surface area contributed by atoms with Gasteiger partial charge in [-0.25, -0.2) is 0 Å². The van der Waals surface area contributed by atoms with Crippen LogP contribution in [-0.4, -0.2) is 51.8 Å². The fourth-order valence-corrected chi connectivity index (χ4v) is 6.00. The Hall–Kier alpha value is -1.45. The van der Waals surface area contributed by atoms with Crippen LogP contribution < -0.4 is 0 Å². The van der Waals surface area contributed by atoms with Crippen molar-refractivity contribution in [2.24, 2.45) is 5.41 Å². The molecular weight excluding hydrogens is 363 g/mol. The molecule has 1 rings (SSSR count). The van der Waals surface area contributed by atoms with Crippen LogP contribution >= 0.6 is 7.26 Å². The first-order valence-electron chi connectivity index (χ1n) is 9.49. The van der Waals surface area contributed by atoms with E-state index in [1.165, 1.54) is 32.2 Å². The Bertz CT molecular complexity index is 612. The summed E-state index contributed by atoms with van der Waals surface area (Å²) < 4.78 is 15.6. The number of hydrogen-bond donors (Lipinski definition) is 0. The van der Waals surface area contributed by atoms with Gasteiger partial charge in [0.2, 0.25) is 0 Å². The van der Waals surface area contributed by atoms with E-state index in [4.69, 9.17) is 14.2 Å². The van der Waals surface area contributed by atoms with Crippen LogP contribution in [0.3, 0.4) is 0 Å². The van der Waals surface area contributed by atoms with Gasteiger partial charge < -0.3 is 0 Å². The number of benzene rings is 1. The molecule has 0 N–H and O–H groups in total. The molecule has 1 aromatic carbocycles. The quantitative estimate of drug-likeness (QED) is 0.418. The van der Waals surface area contributed by atoms with Gasteiger partial charge in [-0.05, 0) is 0 Å². The maximum absolute atomic E-state index is 12.5. The molecule has 0 saturated heterocycles. The number of carbonyl (C=O) groups is 2. The summed E-state index contributed by atoms with van der Waals surface area (Å²) in [5, 5.41) is 0. The maximum atomic E-state index is 12.5. The Kier molecular flexibility index (Phi) is 9.41. The summed E-state index contributed by atoms with van der Waals surface area (Å²) in [5.41, 5.74) is 1.26. The van der Waals surface area contributed by atoms with Crippen LogP contribution in [0.4, 0.5) is 0 Å². The molecule has 0 spiro atoms. The summed E-state index contributed by atoms with van der Waals surface area (Å²) >= 11 is 0. The van der Waals surface area contributed by atoms with E-state index in [0.717, 1.165) is 11.7 Å². The molecule has 154 valence electrons. The van der Waals surface area contributed by atoms with Crippen molar-refractivity contribution in [2.45, 2.75) is 40.0 Å². The van der Waals surface area contributed by atoms with E-state index in [9.17, 15) is 9.59 Å². The third-order valence-corrected chi connectivity index (χ3v) is 7.77. The monoisotopic (exact) mass is 398 g/mol. The summed E-state index contributed by atoms with van der Waals surface area (Å²) in [6.45, 7) is 10.3. The molecule has 0 aromatic heterocycles. The normalized spacial score (nSPS) is 14.3. The van der Waals surface area contributed by atoms with E-state index in [2.05, 4.69) is 32.4 Å². The standard InChI is InChI=1S/C21H35O5P/c1-7-12-27(5,6)14-19-10-8-18(9-11-19)13-25-20(23)21(3,15-24-4)16-26-17(2)22/h8-11,27H,7,12-16H2,1-6H3. The van der Waals surface area contributed by atoms with Gasteiger partial charge in [0.15, 0.2) is 0 Å². The first-order chi connectivity index (χ1) is 12.6. The molecule has 0 heterocycles. The van der Waals surface area contributed by atoms with Gasteiger partial charge in [-0.15, -0.1) is 0 Å². The van der Waals surface area contributed by atoms with Gasteiger partial charge in [0.25, 0.3) is 0 Å². The van der Waals surface area contributed by atoms with Gasteiger partial charge in [-0.3, -0.25) is 4.79 Å². The van der Waals surface area contributed by atoms with Gasteiger partial charge in [-0.1, -0.05) is 0 Å². The molecule has 5 nitrogen and oxygen atoms in total. The molecule has 0 aliphatic rings. The first kappa shape index (κ1) is 23.6. The van der Waals surface area contributed by atoms with Crippen LogP contribution in [0.25, 0.3) is 0 Å². The molecule has 0 bridgehead atoms. The van der Waals surface area contributed by atoms with Gasteiger partial charge >= 0.3 is 152 Å². The number of hydrogen-bond acceptors (Lipinski definition) is 5. The Balaban J connectivity index is 2.65. The second kappa shape index (κ2) is 10.8. The zero-order valence-electron chi connectivity index (χ0n) is 17.6. The van der Waals surface area contributed by atoms with Crippen molar-refractivity contribution in [1.29, 1.82) is 0 Å². The topological polar surface area (TPSA) is 61.8 Å². The molecule has 1 atom stereocenters. The summed E-state index contributed by atoms with van der Waals surface area (Å²) in [7, 11) is 0.310. The molecule has 27 heavy (non-hydrogen) atoms. The summed E-state index contributed by atoms with van der Waals surface area (Å²) in [5.74, 6) is -0.874. The Morgan fingerprint density at radius 2 is 1.63 bits per heavy atom. The van der Waals surface area contributed by atoms with Crippen molar-refractivity contribution in [3.05, 3.63) is 35.4 Å². The third-order valence-electron chi connectivity index (χ3n) is 4.55. The van der Waals surface area contributed by atoms with Crippen LogP contribution in [0.2, 0.25) is 0 Å². The Labute approximate surface area is 164 Å². The Morgan fingerprint density at radius 1 is 1.04 bits per heavy atom. The predicted molar refractivity (Wildman–Crippen MR) is 112 cm³/mol. The summed E-state index contributed by atoms with van der Waals surface area (Å²) in [6.07, 6.45) is 3.73. The van der Waals surface area contributed by atoms with E-state index in [0.29, 0.717) is 0 Å². The molecule has 0 radical (unpaired) electrons. The van der Waals surface area contributed by atoms with Gasteiger partial charge in [-0.2, -0.15) is 0 Å². The van der Waals surface area contributed by atoms with Crippen LogP contribution in [0, 0.1) is 5.41 Å². The van der Waals surface area contributed by atoms with Crippen molar-refractivity contribution in [1.82, 2.24) is 0 Å². The second-order valence-electron chi connectivity index (χ2n) is 8.26. The van der Waals surface area contributed by atoms with E-state index in [1.807, 2.05) is 12.1 Å². The molecule has 0 aliphatic carbocycles. The second-order valence-corrected chi connectivity index (χ2v) is 13.4. The first-order valence-corrected chi connectivity index (χ1v) is 12.9. The molecular formula is C21H35O5P. The zero-order valence-corrected chi connectivity index (χ0v) is 18.6. The summed E-state index contributed by atoms with van der Waals surface area (Å²) in [6, 6.07) is 8.28. The van der Waals surface area contributed by atoms with Crippen molar-refractivity contribution in [3.63, 3.8) is 0 Å². The number of rotatable bonds is 11. The molecule has 1 aromatic rings. The van der Waals surface area contributed by atoms with Crippen molar-refractivity contribution in [3.8, 4) is 0 Å². The van der Waals surface area contributed by atoms with Gasteiger partial charge in [0.05, 0.1) is 0 Å². The zero-order chi connectivity index (χ0) is 20.5. The van der Waals surface area contributed by atoms with Gasteiger partial charge in [0.1, 0.15) is 0 Å². The van der Waals surface area contributed by atoms with Crippen LogP contribution in [0.15, 0.2) is 24.3 Å². The average molecular weight is 398 g/mol. The van der Waals surface area contributed by atoms with Crippen LogP contribution in [0.5, 0.6) is 0 Å². The fraction of sp³-hybridized carbons (Fsp3) is 0.619. The molecule has 0 saturated carbocycles. The van der Waals surface area contributed by atoms with E-state index in [-0.39, 0.29) is 19.8 Å². The SMILES string of the molecule is CCC[PH](C)(C)Cc1ccc(COC(=O)C(C)(COC)COC(C)=O)cc1. The molecule has 0 amide bonds. The number of ether oxygens (including phenoxy) is 3. The van der Waals surface area contributed by atoms with E-state index >= 15 is 0 Å². The number of methoxy groups -OCH3 is 1. The van der Waals surface area contributed by atoms with Crippen LogP contribution in [-0.2, 0) is 36.6 Å². The molecule has 1 unspecified atom stereocenters. The van der Waals surface area contributed by atoms with Gasteiger partial charge in [0, 0.05) is 6.92 Å². The molecule has 0 aliphatic heterocycles. The minimum absolute atomic E-state index is 0.0644. The minimum atomic E-state index is -1.19. The van der Waals surface area contributed by atoms with E-state index in [1.54, 1.807) is 6.92 Å². The summed E-state index contributed by atoms with van der Waals surface area (Å²) in [4.78, 5) is 23.5. The van der Waals surface area contributed by atoms with Crippen molar-refractivity contribution < 1.29 is 23.8 Å². The average Bonchev–Trinajstić information content (AvgIpc) is 2.59. The third kappa shape index (κ3) is 8.40. The van der Waals surface area contributed by atoms with Crippen molar-refractivity contribution >= 4 is 19.2 Å². The van der Waals surface area contributed by atoms with Crippen molar-refractivity contribution in [2.75, 3.05) is 39.8 Å².